The summed E-state index contributed by atoms with van der Waals surface area (Å²) in [6.45, 7) is 1.34. The van der Waals surface area contributed by atoms with Crippen molar-refractivity contribution >= 4 is 11.7 Å². The maximum atomic E-state index is 13.2. The zero-order chi connectivity index (χ0) is 19.5. The highest BCUT2D eigenvalue weighted by Gasteiger charge is 2.32. The van der Waals surface area contributed by atoms with Crippen molar-refractivity contribution in [2.24, 2.45) is 0 Å². The number of fused-ring (bicyclic) bond motifs is 1. The van der Waals surface area contributed by atoms with E-state index in [1.807, 2.05) is 29.3 Å². The molecule has 7 heteroatoms. The molecular weight excluding hydrogens is 356 g/mol. The van der Waals surface area contributed by atoms with Gasteiger partial charge in [0.1, 0.15) is 11.5 Å². The van der Waals surface area contributed by atoms with E-state index < -0.39 is 0 Å². The average Bonchev–Trinajstić information content (AvgIpc) is 3.22. The number of pyridine rings is 1. The Morgan fingerprint density at radius 1 is 1.11 bits per heavy atom. The first kappa shape index (κ1) is 17.9. The molecule has 3 heterocycles. The molecule has 3 aromatic rings. The summed E-state index contributed by atoms with van der Waals surface area (Å²) in [7, 11) is 3.16. The third-order valence-electron chi connectivity index (χ3n) is 4.97. The average molecular weight is 378 g/mol. The molecule has 0 radical (unpaired) electrons. The Kier molecular flexibility index (Phi) is 4.89. The van der Waals surface area contributed by atoms with E-state index in [1.165, 1.54) is 0 Å². The molecule has 0 saturated carbocycles. The van der Waals surface area contributed by atoms with Gasteiger partial charge in [-0.05, 0) is 42.0 Å². The number of methoxy groups -OCH3 is 2. The smallest absolute Gasteiger partial charge is 0.322 e. The van der Waals surface area contributed by atoms with Crippen LogP contribution in [-0.4, -0.2) is 41.2 Å². The number of nitrogens with one attached hydrogen (secondary N) is 1. The van der Waals surface area contributed by atoms with E-state index in [-0.39, 0.29) is 12.1 Å². The molecule has 28 heavy (non-hydrogen) atoms. The third kappa shape index (κ3) is 3.26. The van der Waals surface area contributed by atoms with Crippen molar-refractivity contribution in [2.75, 3.05) is 26.1 Å². The number of ether oxygens (including phenoxy) is 2. The van der Waals surface area contributed by atoms with E-state index in [2.05, 4.69) is 20.9 Å². The summed E-state index contributed by atoms with van der Waals surface area (Å²) in [4.78, 5) is 19.2. The molecule has 7 nitrogen and oxygen atoms in total. The number of hydrogen-bond donors (Lipinski definition) is 1. The fourth-order valence-electron chi connectivity index (χ4n) is 3.59. The van der Waals surface area contributed by atoms with Crippen molar-refractivity contribution < 1.29 is 14.3 Å². The number of hydrogen-bond acceptors (Lipinski definition) is 4. The van der Waals surface area contributed by atoms with E-state index in [0.717, 1.165) is 17.8 Å². The van der Waals surface area contributed by atoms with Crippen LogP contribution in [-0.2, 0) is 6.54 Å². The highest BCUT2D eigenvalue weighted by molar-refractivity contribution is 5.91. The van der Waals surface area contributed by atoms with Crippen LogP contribution in [0.3, 0.4) is 0 Å². The second-order valence-electron chi connectivity index (χ2n) is 6.50. The Morgan fingerprint density at radius 2 is 1.93 bits per heavy atom. The third-order valence-corrected chi connectivity index (χ3v) is 4.97. The van der Waals surface area contributed by atoms with Crippen LogP contribution in [0.25, 0.3) is 0 Å². The summed E-state index contributed by atoms with van der Waals surface area (Å²) in [6.07, 6.45) is 5.55. The maximum Gasteiger partial charge on any atom is 0.322 e. The van der Waals surface area contributed by atoms with Gasteiger partial charge in [0, 0.05) is 43.4 Å². The van der Waals surface area contributed by atoms with Crippen LogP contribution in [0.15, 0.2) is 61.1 Å². The predicted molar refractivity (Wildman–Crippen MR) is 106 cm³/mol. The first-order valence-corrected chi connectivity index (χ1v) is 9.06. The number of rotatable bonds is 4. The van der Waals surface area contributed by atoms with Crippen LogP contribution in [0.5, 0.6) is 11.5 Å². The highest BCUT2D eigenvalue weighted by atomic mass is 16.5. The van der Waals surface area contributed by atoms with Crippen molar-refractivity contribution in [3.05, 3.63) is 72.3 Å². The lowest BCUT2D eigenvalue weighted by atomic mass is 10.0. The molecule has 0 bridgehead atoms. The summed E-state index contributed by atoms with van der Waals surface area (Å²) in [5.41, 5.74) is 2.70. The topological polar surface area (TPSA) is 68.6 Å². The van der Waals surface area contributed by atoms with Gasteiger partial charge in [-0.3, -0.25) is 4.98 Å². The molecule has 1 N–H and O–H groups in total. The Bertz CT molecular complexity index is 971. The normalized spacial score (nSPS) is 15.6. The van der Waals surface area contributed by atoms with Gasteiger partial charge in [-0.25, -0.2) is 4.79 Å². The van der Waals surface area contributed by atoms with E-state index in [9.17, 15) is 4.79 Å². The van der Waals surface area contributed by atoms with Gasteiger partial charge in [0.25, 0.3) is 0 Å². The molecule has 0 spiro atoms. The lowest BCUT2D eigenvalue weighted by Gasteiger charge is -2.37. The second-order valence-corrected chi connectivity index (χ2v) is 6.50. The van der Waals surface area contributed by atoms with Gasteiger partial charge in [-0.15, -0.1) is 0 Å². The van der Waals surface area contributed by atoms with Gasteiger partial charge in [0.2, 0.25) is 0 Å². The largest absolute Gasteiger partial charge is 0.497 e. The fourth-order valence-corrected chi connectivity index (χ4v) is 3.59. The number of urea groups is 1. The van der Waals surface area contributed by atoms with E-state index >= 15 is 0 Å². The first-order valence-electron chi connectivity index (χ1n) is 9.06. The molecule has 4 rings (SSSR count). The van der Waals surface area contributed by atoms with Crippen molar-refractivity contribution in [3.63, 3.8) is 0 Å². The van der Waals surface area contributed by atoms with Crippen molar-refractivity contribution in [1.82, 2.24) is 14.5 Å². The molecule has 0 aliphatic carbocycles. The molecule has 144 valence electrons. The van der Waals surface area contributed by atoms with Crippen LogP contribution >= 0.6 is 0 Å². The second kappa shape index (κ2) is 7.64. The predicted octanol–water partition coefficient (Wildman–Crippen LogP) is 3.54. The molecule has 0 fully saturated rings. The zero-order valence-corrected chi connectivity index (χ0v) is 15.8. The molecule has 1 aliphatic heterocycles. The summed E-state index contributed by atoms with van der Waals surface area (Å²) < 4.78 is 12.8. The van der Waals surface area contributed by atoms with Crippen molar-refractivity contribution in [3.8, 4) is 11.5 Å². The van der Waals surface area contributed by atoms with Crippen LogP contribution in [0, 0.1) is 0 Å². The number of anilines is 1. The number of aromatic nitrogens is 2. The lowest BCUT2D eigenvalue weighted by Crippen LogP contribution is -2.44. The van der Waals surface area contributed by atoms with Crippen molar-refractivity contribution in [1.29, 1.82) is 0 Å². The fraction of sp³-hybridized carbons (Fsp3) is 0.238. The van der Waals surface area contributed by atoms with Crippen molar-refractivity contribution in [2.45, 2.75) is 12.6 Å². The van der Waals surface area contributed by atoms with E-state index in [1.54, 1.807) is 44.8 Å². The number of carbonyl (C=O) groups is 1. The SMILES string of the molecule is COc1ccc(NC(=O)N2CCn3cccc3[C@H]2c2ccncc2)c(OC)c1. The molecule has 2 aromatic heterocycles. The molecule has 1 aliphatic rings. The summed E-state index contributed by atoms with van der Waals surface area (Å²) >= 11 is 0. The number of benzene rings is 1. The van der Waals surface area contributed by atoms with Crippen LogP contribution < -0.4 is 14.8 Å². The first-order chi connectivity index (χ1) is 13.7. The Hall–Kier alpha value is -3.48. The van der Waals surface area contributed by atoms with Gasteiger partial charge in [0.05, 0.1) is 25.9 Å². The molecule has 0 unspecified atom stereocenters. The van der Waals surface area contributed by atoms with Crippen LogP contribution in [0.2, 0.25) is 0 Å². The van der Waals surface area contributed by atoms with Gasteiger partial charge in [-0.1, -0.05) is 0 Å². The lowest BCUT2D eigenvalue weighted by molar-refractivity contribution is 0.181. The summed E-state index contributed by atoms with van der Waals surface area (Å²) in [5.74, 6) is 1.22. The monoisotopic (exact) mass is 378 g/mol. The molecule has 1 aromatic carbocycles. The molecule has 1 atom stereocenters. The summed E-state index contributed by atoms with van der Waals surface area (Å²) in [6, 6.07) is 12.9. The van der Waals surface area contributed by atoms with Gasteiger partial charge in [0.15, 0.2) is 0 Å². The van der Waals surface area contributed by atoms with E-state index in [4.69, 9.17) is 9.47 Å². The minimum atomic E-state index is -0.184. The number of nitrogens with zero attached hydrogens (tertiary/aromatic N) is 3. The van der Waals surface area contributed by atoms with E-state index in [0.29, 0.717) is 23.7 Å². The Labute approximate surface area is 163 Å². The molecular formula is C21H22N4O3. The molecule has 2 amide bonds. The number of carbonyl (C=O) groups excluding carboxylic acids is 1. The van der Waals surface area contributed by atoms with Crippen LogP contribution in [0.4, 0.5) is 10.5 Å². The minimum Gasteiger partial charge on any atom is -0.497 e. The standard InChI is InChI=1S/C21H22N4O3/c1-27-16-5-6-17(19(14-16)28-2)23-21(26)25-13-12-24-11-3-4-18(24)20(25)15-7-9-22-10-8-15/h3-11,14,20H,12-13H2,1-2H3,(H,23,26)/t20-/m1/s1. The quantitative estimate of drug-likeness (QED) is 0.754. The summed E-state index contributed by atoms with van der Waals surface area (Å²) in [5, 5.41) is 2.99. The molecule has 0 saturated heterocycles. The highest BCUT2D eigenvalue weighted by Crippen LogP contribution is 2.34. The maximum absolute atomic E-state index is 13.2. The van der Waals surface area contributed by atoms with Gasteiger partial charge in [-0.2, -0.15) is 0 Å². The van der Waals surface area contributed by atoms with Gasteiger partial charge < -0.3 is 24.3 Å². The minimum absolute atomic E-state index is 0.183. The van der Waals surface area contributed by atoms with Crippen LogP contribution in [0.1, 0.15) is 17.3 Å². The number of amides is 2. The zero-order valence-electron chi connectivity index (χ0n) is 15.8. The van der Waals surface area contributed by atoms with Gasteiger partial charge >= 0.3 is 6.03 Å². The Balaban J connectivity index is 1.65. The Morgan fingerprint density at radius 3 is 2.68 bits per heavy atom.